The van der Waals surface area contributed by atoms with Crippen LogP contribution in [0.15, 0.2) is 12.1 Å². The molecule has 0 bridgehead atoms. The molecule has 5 nitrogen and oxygen atoms in total. The lowest BCUT2D eigenvalue weighted by atomic mass is 10.1. The van der Waals surface area contributed by atoms with E-state index >= 15 is 0 Å². The fraction of sp³-hybridized carbons (Fsp3) is 0.500. The molecule has 0 aliphatic heterocycles. The lowest BCUT2D eigenvalue weighted by Gasteiger charge is -2.13. The number of esters is 1. The molecule has 1 aromatic carbocycles. The zero-order valence-corrected chi connectivity index (χ0v) is 13.1. The van der Waals surface area contributed by atoms with Crippen molar-refractivity contribution in [2.75, 3.05) is 19.8 Å². The smallest absolute Gasteiger partial charge is 0.307 e. The minimum Gasteiger partial charge on any atom is -0.483 e. The van der Waals surface area contributed by atoms with Crippen LogP contribution in [0.3, 0.4) is 0 Å². The second-order valence-electron chi connectivity index (χ2n) is 4.92. The van der Waals surface area contributed by atoms with Crippen molar-refractivity contribution in [2.45, 2.75) is 34.1 Å². The van der Waals surface area contributed by atoms with Crippen molar-refractivity contribution >= 4 is 11.9 Å². The molecule has 1 amide bonds. The maximum absolute atomic E-state index is 11.7. The Balaban J connectivity index is 2.38. The van der Waals surface area contributed by atoms with Gasteiger partial charge in [-0.3, -0.25) is 9.59 Å². The maximum Gasteiger partial charge on any atom is 0.307 e. The molecule has 0 aromatic heterocycles. The van der Waals surface area contributed by atoms with Crippen LogP contribution in [0, 0.1) is 20.8 Å². The fourth-order valence-electron chi connectivity index (χ4n) is 2.12. The number of hydrogen-bond donors (Lipinski definition) is 1. The summed E-state index contributed by atoms with van der Waals surface area (Å²) in [5.74, 6) is 0.170. The number of aryl methyl sites for hydroxylation is 3. The second kappa shape index (κ2) is 8.29. The predicted molar refractivity (Wildman–Crippen MR) is 80.4 cm³/mol. The standard InChI is InChI=1S/C16H23NO4/c1-5-20-15(19)6-7-17-14(18)10-21-16-12(3)8-11(2)9-13(16)4/h8-9H,5-7,10H2,1-4H3,(H,17,18). The van der Waals surface area contributed by atoms with Gasteiger partial charge < -0.3 is 14.8 Å². The number of ether oxygens (including phenoxy) is 2. The van der Waals surface area contributed by atoms with Gasteiger partial charge in [-0.2, -0.15) is 0 Å². The molecule has 0 aliphatic carbocycles. The van der Waals surface area contributed by atoms with Gasteiger partial charge in [0.25, 0.3) is 5.91 Å². The van der Waals surface area contributed by atoms with Crippen molar-refractivity contribution in [1.29, 1.82) is 0 Å². The first-order chi connectivity index (χ1) is 9.93. The van der Waals surface area contributed by atoms with Crippen LogP contribution in [0.4, 0.5) is 0 Å². The van der Waals surface area contributed by atoms with E-state index in [-0.39, 0.29) is 31.4 Å². The number of nitrogens with one attached hydrogen (secondary N) is 1. The Labute approximate surface area is 125 Å². The van der Waals surface area contributed by atoms with Crippen LogP contribution in [0.2, 0.25) is 0 Å². The molecule has 5 heteroatoms. The van der Waals surface area contributed by atoms with E-state index < -0.39 is 0 Å². The molecule has 1 rings (SSSR count). The molecular weight excluding hydrogens is 270 g/mol. The quantitative estimate of drug-likeness (QED) is 0.782. The van der Waals surface area contributed by atoms with E-state index in [2.05, 4.69) is 5.32 Å². The van der Waals surface area contributed by atoms with Crippen molar-refractivity contribution < 1.29 is 19.1 Å². The van der Waals surface area contributed by atoms with E-state index in [1.165, 1.54) is 0 Å². The molecule has 0 heterocycles. The van der Waals surface area contributed by atoms with Gasteiger partial charge in [-0.15, -0.1) is 0 Å². The molecule has 0 spiro atoms. The number of carbonyl (C=O) groups is 2. The zero-order chi connectivity index (χ0) is 15.8. The van der Waals surface area contributed by atoms with Crippen molar-refractivity contribution in [3.05, 3.63) is 28.8 Å². The second-order valence-corrected chi connectivity index (χ2v) is 4.92. The molecule has 1 N–H and O–H groups in total. The molecule has 0 saturated heterocycles. The summed E-state index contributed by atoms with van der Waals surface area (Å²) in [7, 11) is 0. The van der Waals surface area contributed by atoms with Gasteiger partial charge in [0.2, 0.25) is 0 Å². The number of amides is 1. The van der Waals surface area contributed by atoms with E-state index in [1.54, 1.807) is 6.92 Å². The van der Waals surface area contributed by atoms with E-state index in [9.17, 15) is 9.59 Å². The van der Waals surface area contributed by atoms with Gasteiger partial charge in [-0.05, 0) is 38.8 Å². The molecule has 0 unspecified atom stereocenters. The summed E-state index contributed by atoms with van der Waals surface area (Å²) in [5, 5.41) is 2.63. The summed E-state index contributed by atoms with van der Waals surface area (Å²) >= 11 is 0. The Kier molecular flexibility index (Phi) is 6.72. The van der Waals surface area contributed by atoms with Gasteiger partial charge in [0.15, 0.2) is 6.61 Å². The number of rotatable bonds is 7. The third kappa shape index (κ3) is 5.85. The van der Waals surface area contributed by atoms with E-state index in [1.807, 2.05) is 32.9 Å². The van der Waals surface area contributed by atoms with Crippen LogP contribution in [0.1, 0.15) is 30.0 Å². The Morgan fingerprint density at radius 2 is 1.76 bits per heavy atom. The van der Waals surface area contributed by atoms with Crippen LogP contribution in [0.25, 0.3) is 0 Å². The molecule has 0 radical (unpaired) electrons. The lowest BCUT2D eigenvalue weighted by Crippen LogP contribution is -2.31. The molecule has 116 valence electrons. The summed E-state index contributed by atoms with van der Waals surface area (Å²) in [4.78, 5) is 22.8. The third-order valence-corrected chi connectivity index (χ3v) is 2.91. The highest BCUT2D eigenvalue weighted by Gasteiger charge is 2.09. The molecular formula is C16H23NO4. The molecule has 0 saturated carbocycles. The summed E-state index contributed by atoms with van der Waals surface area (Å²) < 4.78 is 10.3. The molecule has 21 heavy (non-hydrogen) atoms. The van der Waals surface area contributed by atoms with E-state index in [0.717, 1.165) is 22.4 Å². The van der Waals surface area contributed by atoms with Gasteiger partial charge in [-0.25, -0.2) is 0 Å². The largest absolute Gasteiger partial charge is 0.483 e. The summed E-state index contributed by atoms with van der Waals surface area (Å²) in [5.41, 5.74) is 3.18. The third-order valence-electron chi connectivity index (χ3n) is 2.91. The van der Waals surface area contributed by atoms with Crippen molar-refractivity contribution in [1.82, 2.24) is 5.32 Å². The zero-order valence-electron chi connectivity index (χ0n) is 13.1. The summed E-state index contributed by atoms with van der Waals surface area (Å²) in [6.45, 7) is 8.22. The number of carbonyl (C=O) groups excluding carboxylic acids is 2. The summed E-state index contributed by atoms with van der Waals surface area (Å²) in [6, 6.07) is 4.03. The average Bonchev–Trinajstić information content (AvgIpc) is 2.37. The minimum atomic E-state index is -0.316. The Hall–Kier alpha value is -2.04. The highest BCUT2D eigenvalue weighted by Crippen LogP contribution is 2.24. The molecule has 0 aliphatic rings. The van der Waals surface area contributed by atoms with Gasteiger partial charge in [0.1, 0.15) is 5.75 Å². The van der Waals surface area contributed by atoms with Crippen molar-refractivity contribution in [3.63, 3.8) is 0 Å². The van der Waals surface area contributed by atoms with Crippen LogP contribution < -0.4 is 10.1 Å². The van der Waals surface area contributed by atoms with Gasteiger partial charge >= 0.3 is 5.97 Å². The lowest BCUT2D eigenvalue weighted by molar-refractivity contribution is -0.143. The normalized spacial score (nSPS) is 10.1. The fourth-order valence-corrected chi connectivity index (χ4v) is 2.12. The topological polar surface area (TPSA) is 64.6 Å². The molecule has 0 fully saturated rings. The summed E-state index contributed by atoms with van der Waals surface area (Å²) in [6.07, 6.45) is 0.169. The first-order valence-electron chi connectivity index (χ1n) is 7.07. The average molecular weight is 293 g/mol. The highest BCUT2D eigenvalue weighted by molar-refractivity contribution is 5.78. The Morgan fingerprint density at radius 3 is 2.33 bits per heavy atom. The molecule has 1 aromatic rings. The van der Waals surface area contributed by atoms with E-state index in [4.69, 9.17) is 9.47 Å². The first-order valence-corrected chi connectivity index (χ1v) is 7.07. The van der Waals surface area contributed by atoms with Gasteiger partial charge in [0.05, 0.1) is 13.0 Å². The number of hydrogen-bond acceptors (Lipinski definition) is 4. The number of benzene rings is 1. The van der Waals surface area contributed by atoms with Crippen LogP contribution in [0.5, 0.6) is 5.75 Å². The maximum atomic E-state index is 11.7. The minimum absolute atomic E-state index is 0.0619. The van der Waals surface area contributed by atoms with Crippen molar-refractivity contribution in [3.8, 4) is 5.75 Å². The molecule has 0 atom stereocenters. The first kappa shape index (κ1) is 17.0. The SMILES string of the molecule is CCOC(=O)CCNC(=O)COc1c(C)cc(C)cc1C. The van der Waals surface area contributed by atoms with Crippen molar-refractivity contribution in [2.24, 2.45) is 0 Å². The highest BCUT2D eigenvalue weighted by atomic mass is 16.5. The monoisotopic (exact) mass is 293 g/mol. The van der Waals surface area contributed by atoms with Crippen LogP contribution in [-0.4, -0.2) is 31.6 Å². The van der Waals surface area contributed by atoms with Crippen LogP contribution >= 0.6 is 0 Å². The Morgan fingerprint density at radius 1 is 1.14 bits per heavy atom. The van der Waals surface area contributed by atoms with Gasteiger partial charge in [0, 0.05) is 6.54 Å². The van der Waals surface area contributed by atoms with E-state index in [0.29, 0.717) is 6.61 Å². The predicted octanol–water partition coefficient (Wildman–Crippen LogP) is 2.06. The van der Waals surface area contributed by atoms with Crippen LogP contribution in [-0.2, 0) is 14.3 Å². The van der Waals surface area contributed by atoms with Gasteiger partial charge in [-0.1, -0.05) is 17.7 Å². The Bertz CT molecular complexity index is 488.